The smallest absolute Gasteiger partial charge is 0.236 e. The van der Waals surface area contributed by atoms with Crippen LogP contribution < -0.4 is 11.1 Å². The molecule has 1 rings (SSSR count). The molecule has 5 heteroatoms. The van der Waals surface area contributed by atoms with Crippen LogP contribution in [0.2, 0.25) is 0 Å². The van der Waals surface area contributed by atoms with Crippen molar-refractivity contribution in [3.8, 4) is 0 Å². The number of hydrogen-bond donors (Lipinski definition) is 2. The van der Waals surface area contributed by atoms with E-state index in [1.807, 2.05) is 14.0 Å². The lowest BCUT2D eigenvalue weighted by Crippen LogP contribution is -2.37. The van der Waals surface area contributed by atoms with Crippen molar-refractivity contribution in [2.45, 2.75) is 26.4 Å². The quantitative estimate of drug-likeness (QED) is 0.696. The molecule has 0 spiro atoms. The standard InChI is InChI=1S/C9H16N4O/c1-6(10)9(14)11-4-8-5-12-13(3)7(8)2/h5-6H,4,10H2,1-3H3,(H,11,14). The molecule has 1 atom stereocenters. The summed E-state index contributed by atoms with van der Waals surface area (Å²) in [5.41, 5.74) is 7.48. The Balaban J connectivity index is 2.54. The van der Waals surface area contributed by atoms with Gasteiger partial charge in [-0.15, -0.1) is 0 Å². The third-order valence-corrected chi connectivity index (χ3v) is 2.20. The molecule has 1 aromatic rings. The molecule has 0 aliphatic rings. The monoisotopic (exact) mass is 196 g/mol. The summed E-state index contributed by atoms with van der Waals surface area (Å²) in [6, 6.07) is -0.466. The molecule has 0 aromatic carbocycles. The Bertz CT molecular complexity index is 330. The Hall–Kier alpha value is -1.36. The Morgan fingerprint density at radius 2 is 2.43 bits per heavy atom. The minimum atomic E-state index is -0.466. The van der Waals surface area contributed by atoms with Crippen LogP contribution in [0.15, 0.2) is 6.20 Å². The van der Waals surface area contributed by atoms with E-state index in [2.05, 4.69) is 10.4 Å². The van der Waals surface area contributed by atoms with Crippen LogP contribution >= 0.6 is 0 Å². The van der Waals surface area contributed by atoms with Crippen LogP contribution in [0.4, 0.5) is 0 Å². The van der Waals surface area contributed by atoms with E-state index in [0.717, 1.165) is 11.3 Å². The number of aryl methyl sites for hydroxylation is 1. The van der Waals surface area contributed by atoms with Crippen LogP contribution in [0, 0.1) is 6.92 Å². The van der Waals surface area contributed by atoms with Gasteiger partial charge in [0.2, 0.25) is 5.91 Å². The maximum atomic E-state index is 11.2. The molecule has 1 unspecified atom stereocenters. The fourth-order valence-electron chi connectivity index (χ4n) is 1.06. The maximum absolute atomic E-state index is 11.2. The molecular weight excluding hydrogens is 180 g/mol. The number of rotatable bonds is 3. The highest BCUT2D eigenvalue weighted by atomic mass is 16.2. The lowest BCUT2D eigenvalue weighted by molar-refractivity contribution is -0.122. The van der Waals surface area contributed by atoms with Crippen LogP contribution in [0.1, 0.15) is 18.2 Å². The highest BCUT2D eigenvalue weighted by Gasteiger charge is 2.08. The van der Waals surface area contributed by atoms with Crippen molar-refractivity contribution in [3.05, 3.63) is 17.5 Å². The first-order valence-corrected chi connectivity index (χ1v) is 4.53. The highest BCUT2D eigenvalue weighted by Crippen LogP contribution is 2.04. The van der Waals surface area contributed by atoms with Gasteiger partial charge in [-0.25, -0.2) is 0 Å². The van der Waals surface area contributed by atoms with Gasteiger partial charge < -0.3 is 11.1 Å². The molecule has 5 nitrogen and oxygen atoms in total. The molecule has 0 aliphatic carbocycles. The van der Waals surface area contributed by atoms with E-state index >= 15 is 0 Å². The molecule has 3 N–H and O–H groups in total. The van der Waals surface area contributed by atoms with Gasteiger partial charge in [-0.3, -0.25) is 9.48 Å². The SMILES string of the molecule is Cc1c(CNC(=O)C(C)N)cnn1C. The van der Waals surface area contributed by atoms with E-state index in [1.54, 1.807) is 17.8 Å². The summed E-state index contributed by atoms with van der Waals surface area (Å²) in [7, 11) is 1.87. The van der Waals surface area contributed by atoms with Crippen LogP contribution in [0.3, 0.4) is 0 Å². The summed E-state index contributed by atoms with van der Waals surface area (Å²) in [6.07, 6.45) is 1.75. The van der Waals surface area contributed by atoms with E-state index < -0.39 is 6.04 Å². The summed E-state index contributed by atoms with van der Waals surface area (Å²) >= 11 is 0. The second-order valence-electron chi connectivity index (χ2n) is 3.39. The second-order valence-corrected chi connectivity index (χ2v) is 3.39. The minimum absolute atomic E-state index is 0.145. The third-order valence-electron chi connectivity index (χ3n) is 2.20. The second kappa shape index (κ2) is 4.23. The van der Waals surface area contributed by atoms with Gasteiger partial charge in [-0.05, 0) is 13.8 Å². The molecular formula is C9H16N4O. The first-order valence-electron chi connectivity index (χ1n) is 4.53. The molecule has 0 bridgehead atoms. The van der Waals surface area contributed by atoms with Crippen LogP contribution in [0.25, 0.3) is 0 Å². The topological polar surface area (TPSA) is 72.9 Å². The zero-order chi connectivity index (χ0) is 10.7. The molecule has 1 amide bonds. The molecule has 1 aromatic heterocycles. The summed E-state index contributed by atoms with van der Waals surface area (Å²) in [5, 5.41) is 6.81. The van der Waals surface area contributed by atoms with E-state index in [4.69, 9.17) is 5.73 Å². The number of carbonyl (C=O) groups excluding carboxylic acids is 1. The number of hydrogen-bond acceptors (Lipinski definition) is 3. The van der Waals surface area contributed by atoms with Crippen molar-refractivity contribution >= 4 is 5.91 Å². The summed E-state index contributed by atoms with van der Waals surface area (Å²) in [4.78, 5) is 11.2. The van der Waals surface area contributed by atoms with Crippen molar-refractivity contribution in [1.82, 2.24) is 15.1 Å². The van der Waals surface area contributed by atoms with E-state index in [1.165, 1.54) is 0 Å². The number of nitrogens with two attached hydrogens (primary N) is 1. The zero-order valence-electron chi connectivity index (χ0n) is 8.74. The fourth-order valence-corrected chi connectivity index (χ4v) is 1.06. The molecule has 0 radical (unpaired) electrons. The molecule has 14 heavy (non-hydrogen) atoms. The largest absolute Gasteiger partial charge is 0.351 e. The van der Waals surface area contributed by atoms with Crippen LogP contribution in [-0.2, 0) is 18.4 Å². The molecule has 0 saturated heterocycles. The molecule has 0 aliphatic heterocycles. The maximum Gasteiger partial charge on any atom is 0.236 e. The van der Waals surface area contributed by atoms with Gasteiger partial charge in [0.1, 0.15) is 0 Å². The average molecular weight is 196 g/mol. The van der Waals surface area contributed by atoms with E-state index in [-0.39, 0.29) is 5.91 Å². The van der Waals surface area contributed by atoms with Gasteiger partial charge in [0.25, 0.3) is 0 Å². The predicted molar refractivity (Wildman–Crippen MR) is 53.4 cm³/mol. The number of aromatic nitrogens is 2. The van der Waals surface area contributed by atoms with Crippen LogP contribution in [-0.4, -0.2) is 21.7 Å². The van der Waals surface area contributed by atoms with Gasteiger partial charge in [0.05, 0.1) is 12.2 Å². The lowest BCUT2D eigenvalue weighted by atomic mass is 10.2. The fraction of sp³-hybridized carbons (Fsp3) is 0.556. The number of nitrogens with zero attached hydrogens (tertiary/aromatic N) is 2. The van der Waals surface area contributed by atoms with Crippen LogP contribution in [0.5, 0.6) is 0 Å². The summed E-state index contributed by atoms with van der Waals surface area (Å²) < 4.78 is 1.77. The average Bonchev–Trinajstić information content (AvgIpc) is 2.44. The Kier molecular flexibility index (Phi) is 3.24. The van der Waals surface area contributed by atoms with Gasteiger partial charge >= 0.3 is 0 Å². The molecule has 0 fully saturated rings. The van der Waals surface area contributed by atoms with Crippen molar-refractivity contribution in [1.29, 1.82) is 0 Å². The Labute approximate surface area is 83.3 Å². The third kappa shape index (κ3) is 2.32. The number of nitrogens with one attached hydrogen (secondary N) is 1. The molecule has 1 heterocycles. The van der Waals surface area contributed by atoms with Gasteiger partial charge in [0.15, 0.2) is 0 Å². The molecule has 0 saturated carbocycles. The molecule has 78 valence electrons. The number of amides is 1. The summed E-state index contributed by atoms with van der Waals surface area (Å²) in [5.74, 6) is -0.145. The van der Waals surface area contributed by atoms with Gasteiger partial charge in [0, 0.05) is 24.8 Å². The van der Waals surface area contributed by atoms with Crippen molar-refractivity contribution in [2.24, 2.45) is 12.8 Å². The first kappa shape index (κ1) is 10.7. The highest BCUT2D eigenvalue weighted by molar-refractivity contribution is 5.80. The van der Waals surface area contributed by atoms with Crippen molar-refractivity contribution in [3.63, 3.8) is 0 Å². The van der Waals surface area contributed by atoms with Crippen molar-refractivity contribution in [2.75, 3.05) is 0 Å². The van der Waals surface area contributed by atoms with Gasteiger partial charge in [-0.1, -0.05) is 0 Å². The number of carbonyl (C=O) groups is 1. The minimum Gasteiger partial charge on any atom is -0.351 e. The zero-order valence-corrected chi connectivity index (χ0v) is 8.74. The predicted octanol–water partition coefficient (Wildman–Crippen LogP) is -0.308. The lowest BCUT2D eigenvalue weighted by Gasteiger charge is -2.06. The first-order chi connectivity index (χ1) is 6.52. The Morgan fingerprint density at radius 1 is 1.79 bits per heavy atom. The Morgan fingerprint density at radius 3 is 2.86 bits per heavy atom. The summed E-state index contributed by atoms with van der Waals surface area (Å²) in [6.45, 7) is 4.10. The van der Waals surface area contributed by atoms with E-state index in [0.29, 0.717) is 6.54 Å². The van der Waals surface area contributed by atoms with Crippen molar-refractivity contribution < 1.29 is 4.79 Å². The van der Waals surface area contributed by atoms with Gasteiger partial charge in [-0.2, -0.15) is 5.10 Å². The van der Waals surface area contributed by atoms with E-state index in [9.17, 15) is 4.79 Å². The normalized spacial score (nSPS) is 12.6.